The fraction of sp³-hybridized carbons (Fsp3) is 0.333. The molecule has 0 unspecified atom stereocenters. The maximum Gasteiger partial charge on any atom is 0.133 e. The van der Waals surface area contributed by atoms with Crippen molar-refractivity contribution in [3.63, 3.8) is 0 Å². The van der Waals surface area contributed by atoms with Gasteiger partial charge in [-0.2, -0.15) is 0 Å². The van der Waals surface area contributed by atoms with Gasteiger partial charge in [-0.05, 0) is 63.3 Å². The Morgan fingerprint density at radius 1 is 0.852 bits per heavy atom. The van der Waals surface area contributed by atoms with Gasteiger partial charge in [-0.15, -0.1) is 0 Å². The van der Waals surface area contributed by atoms with Gasteiger partial charge in [0, 0.05) is 30.4 Å². The smallest absolute Gasteiger partial charge is 0.133 e. The molecular weight excluding hydrogens is 340 g/mol. The number of hydrogen-bond acceptors (Lipinski definition) is 1. The lowest BCUT2D eigenvalue weighted by Crippen LogP contribution is -2.16. The van der Waals surface area contributed by atoms with E-state index in [-0.39, 0.29) is 5.57 Å². The van der Waals surface area contributed by atoms with Crippen molar-refractivity contribution in [1.82, 2.24) is 4.90 Å². The molecule has 1 saturated heterocycles. The Morgan fingerprint density at radius 3 is 1.93 bits per heavy atom. The third-order valence-electron chi connectivity index (χ3n) is 4.65. The fourth-order valence-corrected chi connectivity index (χ4v) is 3.01. The molecule has 1 heterocycles. The predicted molar refractivity (Wildman–Crippen MR) is 114 cm³/mol. The number of nitrogens with zero attached hydrogens (tertiary/aromatic N) is 1. The summed E-state index contributed by atoms with van der Waals surface area (Å²) in [6.45, 7) is 21.3. The molecule has 0 amide bonds. The molecule has 0 radical (unpaired) electrons. The van der Waals surface area contributed by atoms with E-state index in [1.807, 2.05) is 39.0 Å². The summed E-state index contributed by atoms with van der Waals surface area (Å²) < 4.78 is 28.1. The summed E-state index contributed by atoms with van der Waals surface area (Å²) in [6, 6.07) is 0. The quantitative estimate of drug-likeness (QED) is 0.405. The van der Waals surface area contributed by atoms with Gasteiger partial charge in [0.2, 0.25) is 0 Å². The SMILES string of the molecule is C=C(C)/C(=C/C)C(=C)/C(=C/C=C(\C)N1CCCC1)C(=C)/C(F)=C\C(F)=C/C. The molecule has 1 nitrogen and oxygen atoms in total. The van der Waals surface area contributed by atoms with Crippen molar-refractivity contribution in [3.8, 4) is 0 Å². The Kier molecular flexibility index (Phi) is 8.93. The summed E-state index contributed by atoms with van der Waals surface area (Å²) in [6.07, 6.45) is 10.0. The highest BCUT2D eigenvalue weighted by Crippen LogP contribution is 2.32. The minimum Gasteiger partial charge on any atom is -0.375 e. The molecule has 1 aliphatic rings. The topological polar surface area (TPSA) is 3.24 Å². The van der Waals surface area contributed by atoms with Gasteiger partial charge < -0.3 is 4.90 Å². The molecule has 0 spiro atoms. The monoisotopic (exact) mass is 371 g/mol. The molecule has 146 valence electrons. The molecule has 0 N–H and O–H groups in total. The first-order valence-corrected chi connectivity index (χ1v) is 9.26. The zero-order chi connectivity index (χ0) is 20.6. The van der Waals surface area contributed by atoms with Crippen LogP contribution in [0.5, 0.6) is 0 Å². The van der Waals surface area contributed by atoms with E-state index in [2.05, 4.69) is 24.6 Å². The van der Waals surface area contributed by atoms with E-state index in [9.17, 15) is 8.78 Å². The highest BCUT2D eigenvalue weighted by atomic mass is 19.1. The summed E-state index contributed by atoms with van der Waals surface area (Å²) in [4.78, 5) is 2.29. The molecule has 0 aliphatic carbocycles. The molecule has 0 bridgehead atoms. The lowest BCUT2D eigenvalue weighted by molar-refractivity contribution is 0.428. The van der Waals surface area contributed by atoms with Gasteiger partial charge in [0.05, 0.1) is 0 Å². The summed E-state index contributed by atoms with van der Waals surface area (Å²) in [5, 5.41) is 0. The maximum absolute atomic E-state index is 14.6. The number of allylic oxidation sites excluding steroid dienone is 13. The van der Waals surface area contributed by atoms with Gasteiger partial charge in [-0.25, -0.2) is 8.78 Å². The maximum atomic E-state index is 14.6. The normalized spacial score (nSPS) is 17.4. The molecule has 0 saturated carbocycles. The predicted octanol–water partition coefficient (Wildman–Crippen LogP) is 7.27. The largest absolute Gasteiger partial charge is 0.375 e. The van der Waals surface area contributed by atoms with Gasteiger partial charge in [0.25, 0.3) is 0 Å². The zero-order valence-electron chi connectivity index (χ0n) is 17.0. The second-order valence-corrected chi connectivity index (χ2v) is 6.69. The minimum absolute atomic E-state index is 0.100. The molecule has 1 fully saturated rings. The van der Waals surface area contributed by atoms with Gasteiger partial charge in [-0.1, -0.05) is 43.5 Å². The van der Waals surface area contributed by atoms with Gasteiger partial charge in [0.15, 0.2) is 0 Å². The third-order valence-corrected chi connectivity index (χ3v) is 4.65. The van der Waals surface area contributed by atoms with Crippen LogP contribution in [0, 0.1) is 0 Å². The Morgan fingerprint density at radius 2 is 1.44 bits per heavy atom. The number of hydrogen-bond donors (Lipinski definition) is 0. The van der Waals surface area contributed by atoms with Crippen molar-refractivity contribution >= 4 is 0 Å². The van der Waals surface area contributed by atoms with Crippen LogP contribution in [0.4, 0.5) is 8.78 Å². The fourth-order valence-electron chi connectivity index (χ4n) is 3.01. The Labute approximate surface area is 163 Å². The molecule has 1 aliphatic heterocycles. The van der Waals surface area contributed by atoms with Crippen LogP contribution in [0.1, 0.15) is 40.5 Å². The first-order valence-electron chi connectivity index (χ1n) is 9.26. The lowest BCUT2D eigenvalue weighted by Gasteiger charge is -2.19. The summed E-state index contributed by atoms with van der Waals surface area (Å²) in [7, 11) is 0. The van der Waals surface area contributed by atoms with E-state index in [0.29, 0.717) is 11.1 Å². The van der Waals surface area contributed by atoms with Gasteiger partial charge >= 0.3 is 0 Å². The van der Waals surface area contributed by atoms with Crippen molar-refractivity contribution in [2.75, 3.05) is 13.1 Å². The molecule has 0 aromatic rings. The van der Waals surface area contributed by atoms with Gasteiger partial charge in [-0.3, -0.25) is 0 Å². The van der Waals surface area contributed by atoms with Crippen LogP contribution >= 0.6 is 0 Å². The minimum atomic E-state index is -0.720. The van der Waals surface area contributed by atoms with E-state index in [0.717, 1.165) is 36.0 Å². The van der Waals surface area contributed by atoms with Crippen LogP contribution in [-0.4, -0.2) is 18.0 Å². The Bertz CT molecular complexity index is 751. The van der Waals surface area contributed by atoms with E-state index >= 15 is 0 Å². The third kappa shape index (κ3) is 6.35. The highest BCUT2D eigenvalue weighted by Gasteiger charge is 2.16. The Hall–Kier alpha value is -2.42. The second kappa shape index (κ2) is 10.7. The van der Waals surface area contributed by atoms with Crippen LogP contribution < -0.4 is 0 Å². The molecule has 0 aromatic carbocycles. The van der Waals surface area contributed by atoms with E-state index < -0.39 is 11.7 Å². The van der Waals surface area contributed by atoms with E-state index in [1.54, 1.807) is 0 Å². The molecule has 0 atom stereocenters. The summed E-state index contributed by atoms with van der Waals surface area (Å²) in [5.41, 5.74) is 4.00. The molecular formula is C24H31F2N. The van der Waals surface area contributed by atoms with Crippen molar-refractivity contribution in [2.24, 2.45) is 0 Å². The van der Waals surface area contributed by atoms with Crippen molar-refractivity contribution in [1.29, 1.82) is 0 Å². The van der Waals surface area contributed by atoms with Gasteiger partial charge in [0.1, 0.15) is 11.7 Å². The van der Waals surface area contributed by atoms with Crippen LogP contribution in [0.25, 0.3) is 0 Å². The van der Waals surface area contributed by atoms with Crippen LogP contribution in [0.15, 0.2) is 95.3 Å². The number of halogens is 2. The molecule has 27 heavy (non-hydrogen) atoms. The highest BCUT2D eigenvalue weighted by molar-refractivity contribution is 5.63. The second-order valence-electron chi connectivity index (χ2n) is 6.69. The van der Waals surface area contributed by atoms with Crippen LogP contribution in [0.2, 0.25) is 0 Å². The van der Waals surface area contributed by atoms with Crippen LogP contribution in [0.3, 0.4) is 0 Å². The first kappa shape index (κ1) is 22.6. The average molecular weight is 372 g/mol. The summed E-state index contributed by atoms with van der Waals surface area (Å²) in [5.74, 6) is -1.36. The zero-order valence-corrected chi connectivity index (χ0v) is 17.0. The average Bonchev–Trinajstić information content (AvgIpc) is 3.16. The Balaban J connectivity index is 3.35. The van der Waals surface area contributed by atoms with Crippen molar-refractivity contribution < 1.29 is 8.78 Å². The van der Waals surface area contributed by atoms with E-state index in [1.165, 1.54) is 25.8 Å². The standard InChI is InChI=1S/C24H31F2N/c1-8-21(25)16-24(26)20(7)23(19(6)22(9-2)17(3)4)13-12-18(5)27-14-10-11-15-27/h8-9,12-13,16H,3,6-7,10-11,14-15H2,1-2,4-5H3/b18-12+,21-8+,22-9-,23-13-,24-16+. The molecule has 1 rings (SSSR count). The summed E-state index contributed by atoms with van der Waals surface area (Å²) >= 11 is 0. The van der Waals surface area contributed by atoms with E-state index in [4.69, 9.17) is 0 Å². The van der Waals surface area contributed by atoms with Crippen LogP contribution in [-0.2, 0) is 0 Å². The molecule has 0 aromatic heterocycles. The van der Waals surface area contributed by atoms with Crippen molar-refractivity contribution in [3.05, 3.63) is 95.3 Å². The van der Waals surface area contributed by atoms with Crippen molar-refractivity contribution in [2.45, 2.75) is 40.5 Å². The molecule has 3 heteroatoms. The number of likely N-dealkylation sites (tertiary alicyclic amines) is 1. The first-order chi connectivity index (χ1) is 12.7. The number of rotatable bonds is 8. The lowest BCUT2D eigenvalue weighted by atomic mass is 9.89.